The fraction of sp³-hybridized carbons (Fsp3) is 0.143. The Balaban J connectivity index is 2.58. The highest BCUT2D eigenvalue weighted by Crippen LogP contribution is 2.28. The number of benzene rings is 1. The van der Waals surface area contributed by atoms with E-state index in [1.807, 2.05) is 0 Å². The maximum absolute atomic E-state index is 12.1. The van der Waals surface area contributed by atoms with Crippen LogP contribution in [0.4, 0.5) is 11.6 Å². The van der Waals surface area contributed by atoms with Gasteiger partial charge in [0.25, 0.3) is 5.91 Å². The van der Waals surface area contributed by atoms with Crippen molar-refractivity contribution in [2.45, 2.75) is 11.8 Å². The summed E-state index contributed by atoms with van der Waals surface area (Å²) in [7, 11) is -3.64. The van der Waals surface area contributed by atoms with E-state index in [-0.39, 0.29) is 22.1 Å². The lowest BCUT2D eigenvalue weighted by molar-refractivity contribution is 0.100. The van der Waals surface area contributed by atoms with E-state index >= 15 is 0 Å². The van der Waals surface area contributed by atoms with E-state index in [0.717, 1.165) is 6.26 Å². The Kier molecular flexibility index (Phi) is 4.79. The standard InChI is InChI=1S/C14H16N6O3S/c1-8-6-10(19-14-17-4-3-5-18-14)11(24(2,22)23)7-9(8)12(21)20-13(15)16/h3-7H,1-2H3,(H,17,18,19)(H4,15,16,20,21). The van der Waals surface area contributed by atoms with Crippen LogP contribution in [0.3, 0.4) is 0 Å². The van der Waals surface area contributed by atoms with Crippen molar-refractivity contribution in [2.24, 2.45) is 16.5 Å². The molecule has 1 heterocycles. The molecule has 0 bridgehead atoms. The van der Waals surface area contributed by atoms with Crippen LogP contribution in [-0.2, 0) is 9.84 Å². The van der Waals surface area contributed by atoms with Crippen molar-refractivity contribution < 1.29 is 13.2 Å². The molecule has 0 unspecified atom stereocenters. The summed E-state index contributed by atoms with van der Waals surface area (Å²) in [5.41, 5.74) is 11.2. The Labute approximate surface area is 138 Å². The van der Waals surface area contributed by atoms with Gasteiger partial charge in [0.1, 0.15) is 0 Å². The number of aliphatic imine (C=N–C) groups is 1. The van der Waals surface area contributed by atoms with E-state index in [4.69, 9.17) is 11.5 Å². The quantitative estimate of drug-likeness (QED) is 0.528. The molecule has 1 aromatic heterocycles. The molecule has 0 saturated heterocycles. The van der Waals surface area contributed by atoms with E-state index in [1.54, 1.807) is 13.0 Å². The molecule has 0 aliphatic rings. The molecule has 0 spiro atoms. The van der Waals surface area contributed by atoms with Crippen LogP contribution >= 0.6 is 0 Å². The number of guanidine groups is 1. The smallest absolute Gasteiger partial charge is 0.280 e. The first-order valence-corrected chi connectivity index (χ1v) is 8.60. The zero-order valence-electron chi connectivity index (χ0n) is 13.0. The first-order chi connectivity index (χ1) is 11.2. The normalized spacial score (nSPS) is 10.9. The summed E-state index contributed by atoms with van der Waals surface area (Å²) < 4.78 is 24.1. The average Bonchev–Trinajstić information content (AvgIpc) is 2.46. The molecule has 2 aromatic rings. The topological polar surface area (TPSA) is 153 Å². The van der Waals surface area contributed by atoms with Gasteiger partial charge in [0.2, 0.25) is 5.95 Å². The molecule has 1 aromatic carbocycles. The maximum atomic E-state index is 12.1. The SMILES string of the molecule is Cc1cc(Nc2ncccn2)c(S(C)(=O)=O)cc1C(=O)N=C(N)N. The first-order valence-electron chi connectivity index (χ1n) is 6.71. The molecule has 24 heavy (non-hydrogen) atoms. The Hall–Kier alpha value is -3.01. The minimum absolute atomic E-state index is 0.0864. The molecule has 0 aliphatic heterocycles. The van der Waals surface area contributed by atoms with Crippen molar-refractivity contribution in [3.63, 3.8) is 0 Å². The number of hydrogen-bond donors (Lipinski definition) is 3. The fourth-order valence-electron chi connectivity index (χ4n) is 1.98. The van der Waals surface area contributed by atoms with Gasteiger partial charge >= 0.3 is 0 Å². The van der Waals surface area contributed by atoms with Gasteiger partial charge in [-0.05, 0) is 30.7 Å². The van der Waals surface area contributed by atoms with Crippen LogP contribution in [0.5, 0.6) is 0 Å². The van der Waals surface area contributed by atoms with Crippen molar-refractivity contribution in [3.8, 4) is 0 Å². The molecule has 126 valence electrons. The predicted octanol–water partition coefficient (Wildman–Crippen LogP) is 0.346. The number of aryl methyl sites for hydroxylation is 1. The Morgan fingerprint density at radius 1 is 1.21 bits per heavy atom. The molecule has 1 amide bonds. The minimum Gasteiger partial charge on any atom is -0.370 e. The largest absolute Gasteiger partial charge is 0.370 e. The van der Waals surface area contributed by atoms with Crippen LogP contribution in [0, 0.1) is 6.92 Å². The number of nitrogens with two attached hydrogens (primary N) is 2. The van der Waals surface area contributed by atoms with Gasteiger partial charge in [0, 0.05) is 24.2 Å². The molecular weight excluding hydrogens is 332 g/mol. The highest BCUT2D eigenvalue weighted by Gasteiger charge is 2.20. The summed E-state index contributed by atoms with van der Waals surface area (Å²) >= 11 is 0. The van der Waals surface area contributed by atoms with Crippen molar-refractivity contribution in [3.05, 3.63) is 41.7 Å². The zero-order chi connectivity index (χ0) is 17.9. The monoisotopic (exact) mass is 348 g/mol. The van der Waals surface area contributed by atoms with Gasteiger partial charge in [0.15, 0.2) is 15.8 Å². The van der Waals surface area contributed by atoms with E-state index in [1.165, 1.54) is 24.5 Å². The Bertz CT molecular complexity index is 906. The zero-order valence-corrected chi connectivity index (χ0v) is 13.8. The second kappa shape index (κ2) is 6.62. The number of amides is 1. The highest BCUT2D eigenvalue weighted by atomic mass is 32.2. The Morgan fingerprint density at radius 3 is 2.38 bits per heavy atom. The van der Waals surface area contributed by atoms with Gasteiger partial charge in [-0.25, -0.2) is 18.4 Å². The molecule has 0 fully saturated rings. The van der Waals surface area contributed by atoms with Crippen molar-refractivity contribution in [2.75, 3.05) is 11.6 Å². The van der Waals surface area contributed by atoms with Crippen LogP contribution in [0.1, 0.15) is 15.9 Å². The molecular formula is C14H16N6O3S. The number of carbonyl (C=O) groups excluding carboxylic acids is 1. The highest BCUT2D eigenvalue weighted by molar-refractivity contribution is 7.90. The molecule has 0 atom stereocenters. The summed E-state index contributed by atoms with van der Waals surface area (Å²) in [4.78, 5) is 23.4. The lowest BCUT2D eigenvalue weighted by atomic mass is 10.1. The lowest BCUT2D eigenvalue weighted by Gasteiger charge is -2.13. The van der Waals surface area contributed by atoms with E-state index in [2.05, 4.69) is 20.3 Å². The number of anilines is 2. The van der Waals surface area contributed by atoms with Crippen molar-refractivity contribution in [1.29, 1.82) is 0 Å². The molecule has 2 rings (SSSR count). The van der Waals surface area contributed by atoms with Crippen LogP contribution in [0.25, 0.3) is 0 Å². The van der Waals surface area contributed by atoms with Crippen LogP contribution < -0.4 is 16.8 Å². The van der Waals surface area contributed by atoms with Crippen LogP contribution in [-0.4, -0.2) is 36.5 Å². The number of sulfone groups is 1. The van der Waals surface area contributed by atoms with Crippen molar-refractivity contribution in [1.82, 2.24) is 9.97 Å². The van der Waals surface area contributed by atoms with Gasteiger partial charge in [-0.15, -0.1) is 0 Å². The van der Waals surface area contributed by atoms with Crippen LogP contribution in [0.15, 0.2) is 40.5 Å². The second-order valence-corrected chi connectivity index (χ2v) is 6.96. The third-order valence-electron chi connectivity index (χ3n) is 3.00. The van der Waals surface area contributed by atoms with Gasteiger partial charge in [0.05, 0.1) is 10.6 Å². The number of rotatable bonds is 4. The molecule has 0 radical (unpaired) electrons. The van der Waals surface area contributed by atoms with Crippen LogP contribution in [0.2, 0.25) is 0 Å². The van der Waals surface area contributed by atoms with Gasteiger partial charge in [-0.3, -0.25) is 4.79 Å². The fourth-order valence-corrected chi connectivity index (χ4v) is 2.83. The summed E-state index contributed by atoms with van der Waals surface area (Å²) in [5, 5.41) is 2.83. The molecule has 0 saturated carbocycles. The summed E-state index contributed by atoms with van der Waals surface area (Å²) in [6.45, 7) is 1.64. The molecule has 0 aliphatic carbocycles. The van der Waals surface area contributed by atoms with Gasteiger partial charge < -0.3 is 16.8 Å². The number of aromatic nitrogens is 2. The Morgan fingerprint density at radius 2 is 1.83 bits per heavy atom. The van der Waals surface area contributed by atoms with E-state index in [0.29, 0.717) is 5.56 Å². The summed E-state index contributed by atoms with van der Waals surface area (Å²) in [6, 6.07) is 4.36. The lowest BCUT2D eigenvalue weighted by Crippen LogP contribution is -2.24. The predicted molar refractivity (Wildman–Crippen MR) is 89.7 cm³/mol. The molecule has 9 nitrogen and oxygen atoms in total. The van der Waals surface area contributed by atoms with E-state index in [9.17, 15) is 13.2 Å². The number of carbonyl (C=O) groups is 1. The third kappa shape index (κ3) is 4.04. The summed E-state index contributed by atoms with van der Waals surface area (Å²) in [6.07, 6.45) is 4.06. The minimum atomic E-state index is -3.64. The molecule has 5 N–H and O–H groups in total. The van der Waals surface area contributed by atoms with Gasteiger partial charge in [-0.2, -0.15) is 4.99 Å². The second-order valence-electron chi connectivity index (χ2n) is 4.97. The number of nitrogens with one attached hydrogen (secondary N) is 1. The number of hydrogen-bond acceptors (Lipinski definition) is 6. The number of nitrogens with zero attached hydrogens (tertiary/aromatic N) is 3. The third-order valence-corrected chi connectivity index (χ3v) is 4.14. The average molecular weight is 348 g/mol. The molecule has 10 heteroatoms. The van der Waals surface area contributed by atoms with E-state index < -0.39 is 21.7 Å². The maximum Gasteiger partial charge on any atom is 0.280 e. The van der Waals surface area contributed by atoms with Crippen molar-refractivity contribution >= 4 is 33.3 Å². The van der Waals surface area contributed by atoms with Gasteiger partial charge in [-0.1, -0.05) is 0 Å². The first kappa shape index (κ1) is 17.3. The summed E-state index contributed by atoms with van der Waals surface area (Å²) in [5.74, 6) is -0.898.